The van der Waals surface area contributed by atoms with E-state index >= 15 is 0 Å². The Balaban J connectivity index is 1.10. The maximum absolute atomic E-state index is 12.6. The fourth-order valence-electron chi connectivity index (χ4n) is 4.32. The van der Waals surface area contributed by atoms with Gasteiger partial charge in [0.15, 0.2) is 0 Å². The summed E-state index contributed by atoms with van der Waals surface area (Å²) in [4.78, 5) is 43.9. The van der Waals surface area contributed by atoms with Gasteiger partial charge in [-0.05, 0) is 55.0 Å². The van der Waals surface area contributed by atoms with Crippen LogP contribution in [-0.2, 0) is 9.59 Å². The van der Waals surface area contributed by atoms with E-state index in [1.54, 1.807) is 0 Å². The van der Waals surface area contributed by atoms with Gasteiger partial charge in [-0.15, -0.1) is 0 Å². The highest BCUT2D eigenvalue weighted by atomic mass is 16.2. The minimum Gasteiger partial charge on any atom is -0.324 e. The molecule has 0 saturated heterocycles. The largest absolute Gasteiger partial charge is 0.324 e. The number of aromatic nitrogens is 4. The van der Waals surface area contributed by atoms with Crippen molar-refractivity contribution in [3.8, 4) is 0 Å². The third-order valence-corrected chi connectivity index (χ3v) is 6.10. The molecule has 6 rings (SSSR count). The number of hydrogen-bond donors (Lipinski definition) is 2. The van der Waals surface area contributed by atoms with Gasteiger partial charge in [0.1, 0.15) is 11.0 Å². The van der Waals surface area contributed by atoms with Gasteiger partial charge in [-0.3, -0.25) is 9.59 Å². The van der Waals surface area contributed by atoms with Crippen molar-refractivity contribution in [2.45, 2.75) is 19.3 Å². The molecule has 0 radical (unpaired) electrons. The van der Waals surface area contributed by atoms with Crippen molar-refractivity contribution in [3.63, 3.8) is 0 Å². The molecule has 37 heavy (non-hydrogen) atoms. The summed E-state index contributed by atoms with van der Waals surface area (Å²) in [5.74, 6) is -0.365. The van der Waals surface area contributed by atoms with E-state index in [1.807, 2.05) is 84.9 Å². The lowest BCUT2D eigenvalue weighted by molar-refractivity contribution is -0.117. The van der Waals surface area contributed by atoms with Crippen LogP contribution in [0.5, 0.6) is 0 Å². The van der Waals surface area contributed by atoms with Gasteiger partial charge >= 0.3 is 0 Å². The van der Waals surface area contributed by atoms with Crippen molar-refractivity contribution in [1.82, 2.24) is 19.9 Å². The van der Waals surface area contributed by atoms with Gasteiger partial charge in [0.05, 0.1) is 44.5 Å². The lowest BCUT2D eigenvalue weighted by atomic mass is 10.2. The van der Waals surface area contributed by atoms with Crippen LogP contribution in [0.4, 0.5) is 11.4 Å². The molecule has 0 spiro atoms. The predicted molar refractivity (Wildman–Crippen MR) is 145 cm³/mol. The first-order valence-electron chi connectivity index (χ1n) is 12.0. The van der Waals surface area contributed by atoms with E-state index in [1.165, 1.54) is 0 Å². The van der Waals surface area contributed by atoms with Crippen LogP contribution < -0.4 is 10.6 Å². The maximum Gasteiger partial charge on any atom is 0.224 e. The molecule has 0 saturated carbocycles. The monoisotopic (exact) mass is 486 g/mol. The third kappa shape index (κ3) is 4.64. The number of para-hydroxylation sites is 6. The van der Waals surface area contributed by atoms with E-state index in [2.05, 4.69) is 30.6 Å². The Morgan fingerprint density at radius 3 is 1.30 bits per heavy atom. The van der Waals surface area contributed by atoms with Crippen molar-refractivity contribution in [2.75, 3.05) is 10.6 Å². The fraction of sp³-hybridized carbons (Fsp3) is 0.103. The van der Waals surface area contributed by atoms with Crippen LogP contribution in [-0.4, -0.2) is 31.8 Å². The minimum absolute atomic E-state index is 0.183. The van der Waals surface area contributed by atoms with Gasteiger partial charge in [0, 0.05) is 12.8 Å². The highest BCUT2D eigenvalue weighted by Crippen LogP contribution is 2.25. The Morgan fingerprint density at radius 1 is 0.486 bits per heavy atom. The van der Waals surface area contributed by atoms with Crippen LogP contribution >= 0.6 is 0 Å². The molecule has 8 heteroatoms. The molecule has 0 bridgehead atoms. The molecule has 4 aromatic carbocycles. The zero-order chi connectivity index (χ0) is 25.2. The number of carbonyl (C=O) groups is 2. The van der Waals surface area contributed by atoms with Crippen molar-refractivity contribution in [1.29, 1.82) is 0 Å². The van der Waals surface area contributed by atoms with Crippen molar-refractivity contribution in [2.24, 2.45) is 0 Å². The minimum atomic E-state index is -0.183. The van der Waals surface area contributed by atoms with E-state index < -0.39 is 0 Å². The molecular weight excluding hydrogens is 464 g/mol. The summed E-state index contributed by atoms with van der Waals surface area (Å²) in [6.45, 7) is 0. The lowest BCUT2D eigenvalue weighted by Gasteiger charge is -2.10. The topological polar surface area (TPSA) is 110 Å². The SMILES string of the molecule is O=C(CCCC(=O)Nc1cccc2nc3ccccc3nc12)Nc1cccc2nc3ccccc3nc12. The first-order chi connectivity index (χ1) is 18.1. The summed E-state index contributed by atoms with van der Waals surface area (Å²) < 4.78 is 0. The Bertz CT molecular complexity index is 1680. The standard InChI is InChI=1S/C29H22N6O2/c36-26(32-24-14-5-12-22-28(24)34-20-10-3-1-8-18(20)30-22)16-7-17-27(37)33-25-15-6-13-23-29(25)35-21-11-4-2-9-19(21)31-23/h1-6,8-15H,7,16-17H2,(H,32,36)(H,33,37). The zero-order valence-corrected chi connectivity index (χ0v) is 19.8. The number of hydrogen-bond acceptors (Lipinski definition) is 6. The summed E-state index contributed by atoms with van der Waals surface area (Å²) in [5.41, 5.74) is 7.03. The lowest BCUT2D eigenvalue weighted by Crippen LogP contribution is -2.15. The summed E-state index contributed by atoms with van der Waals surface area (Å²) >= 11 is 0. The predicted octanol–water partition coefficient (Wildman–Crippen LogP) is 5.63. The molecular formula is C29H22N6O2. The van der Waals surface area contributed by atoms with Crippen molar-refractivity contribution < 1.29 is 9.59 Å². The molecule has 180 valence electrons. The molecule has 2 N–H and O–H groups in total. The van der Waals surface area contributed by atoms with E-state index in [4.69, 9.17) is 0 Å². The molecule has 8 nitrogen and oxygen atoms in total. The molecule has 2 heterocycles. The number of benzene rings is 4. The Kier molecular flexibility index (Phi) is 5.82. The molecule has 0 aliphatic carbocycles. The van der Waals surface area contributed by atoms with Crippen LogP contribution in [0.15, 0.2) is 84.9 Å². The fourth-order valence-corrected chi connectivity index (χ4v) is 4.32. The van der Waals surface area contributed by atoms with E-state index in [-0.39, 0.29) is 24.7 Å². The number of carbonyl (C=O) groups excluding carboxylic acids is 2. The second kappa shape index (κ2) is 9.58. The Morgan fingerprint density at radius 2 is 0.865 bits per heavy atom. The van der Waals surface area contributed by atoms with Crippen LogP contribution in [0, 0.1) is 0 Å². The smallest absolute Gasteiger partial charge is 0.224 e. The normalized spacial score (nSPS) is 11.2. The van der Waals surface area contributed by atoms with Crippen LogP contribution in [0.25, 0.3) is 44.1 Å². The van der Waals surface area contributed by atoms with Gasteiger partial charge in [0.25, 0.3) is 0 Å². The van der Waals surface area contributed by atoms with Crippen LogP contribution in [0.1, 0.15) is 19.3 Å². The molecule has 0 atom stereocenters. The highest BCUT2D eigenvalue weighted by molar-refractivity contribution is 6.03. The van der Waals surface area contributed by atoms with Gasteiger partial charge in [0.2, 0.25) is 11.8 Å². The van der Waals surface area contributed by atoms with Gasteiger partial charge < -0.3 is 10.6 Å². The molecule has 2 aromatic heterocycles. The summed E-state index contributed by atoms with van der Waals surface area (Å²) in [6, 6.07) is 26.3. The second-order valence-electron chi connectivity index (χ2n) is 8.72. The number of fused-ring (bicyclic) bond motifs is 4. The molecule has 0 aliphatic rings. The number of nitrogens with one attached hydrogen (secondary N) is 2. The number of amides is 2. The number of nitrogens with zero attached hydrogens (tertiary/aromatic N) is 4. The van der Waals surface area contributed by atoms with Crippen LogP contribution in [0.2, 0.25) is 0 Å². The van der Waals surface area contributed by atoms with E-state index in [9.17, 15) is 9.59 Å². The zero-order valence-electron chi connectivity index (χ0n) is 19.8. The van der Waals surface area contributed by atoms with Gasteiger partial charge in [-0.1, -0.05) is 36.4 Å². The molecule has 6 aromatic rings. The first-order valence-corrected chi connectivity index (χ1v) is 12.0. The van der Waals surface area contributed by atoms with Gasteiger partial charge in [-0.2, -0.15) is 0 Å². The second-order valence-corrected chi connectivity index (χ2v) is 8.72. The number of rotatable bonds is 6. The summed E-state index contributed by atoms with van der Waals surface area (Å²) in [6.07, 6.45) is 0.798. The maximum atomic E-state index is 12.6. The number of anilines is 2. The quantitative estimate of drug-likeness (QED) is 0.295. The Hall–Kier alpha value is -4.98. The molecule has 2 amide bonds. The first kappa shape index (κ1) is 22.5. The highest BCUT2D eigenvalue weighted by Gasteiger charge is 2.12. The van der Waals surface area contributed by atoms with Crippen molar-refractivity contribution >= 4 is 67.3 Å². The van der Waals surface area contributed by atoms with Gasteiger partial charge in [-0.25, -0.2) is 19.9 Å². The average Bonchev–Trinajstić information content (AvgIpc) is 2.91. The van der Waals surface area contributed by atoms with E-state index in [0.717, 1.165) is 22.1 Å². The molecule has 0 aliphatic heterocycles. The van der Waals surface area contributed by atoms with Crippen molar-refractivity contribution in [3.05, 3.63) is 84.9 Å². The average molecular weight is 487 g/mol. The van der Waals surface area contributed by atoms with E-state index in [0.29, 0.717) is 39.9 Å². The summed E-state index contributed by atoms with van der Waals surface area (Å²) in [7, 11) is 0. The van der Waals surface area contributed by atoms with Crippen LogP contribution in [0.3, 0.4) is 0 Å². The molecule has 0 unspecified atom stereocenters. The summed E-state index contributed by atoms with van der Waals surface area (Å²) in [5, 5.41) is 5.85. The molecule has 0 fully saturated rings. The third-order valence-electron chi connectivity index (χ3n) is 6.10. The Labute approximate surface area is 211 Å².